The minimum Gasteiger partial charge on any atom is -0.462 e. The minimum absolute atomic E-state index is 0.0713. The number of carbonyl (C=O) groups excluding carboxylic acids is 1. The van der Waals surface area contributed by atoms with E-state index in [2.05, 4.69) is 14.7 Å². The largest absolute Gasteiger partial charge is 0.462 e. The molecule has 0 atom stereocenters. The van der Waals surface area contributed by atoms with E-state index in [4.69, 9.17) is 5.73 Å². The molecule has 0 aliphatic carbocycles. The summed E-state index contributed by atoms with van der Waals surface area (Å²) in [7, 11) is 0. The second kappa shape index (κ2) is 7.01. The molecule has 0 amide bonds. The molecule has 0 saturated carbocycles. The number of hydrogen-bond donors (Lipinski definition) is 1. The van der Waals surface area contributed by atoms with Crippen LogP contribution in [0.25, 0.3) is 0 Å². The molecule has 22 heavy (non-hydrogen) atoms. The Kier molecular flexibility index (Phi) is 5.61. The average molecular weight is 319 g/mol. The molecule has 0 radical (unpaired) electrons. The SMILES string of the molecule is CCOC(=O)/C(=C/N)C(=Nc1ncc(F)cc1C)C(F)(F)F. The molecule has 0 aliphatic heterocycles. The molecular formula is C13H13F4N3O2. The maximum absolute atomic E-state index is 13.1. The Bertz CT molecular complexity index is 624. The molecule has 0 spiro atoms. The number of hydrogen-bond acceptors (Lipinski definition) is 5. The lowest BCUT2D eigenvalue weighted by molar-refractivity contribution is -0.138. The van der Waals surface area contributed by atoms with Crippen molar-refractivity contribution < 1.29 is 27.1 Å². The summed E-state index contributed by atoms with van der Waals surface area (Å²) in [5, 5.41) is 0. The van der Waals surface area contributed by atoms with Gasteiger partial charge in [0.2, 0.25) is 0 Å². The quantitative estimate of drug-likeness (QED) is 0.400. The molecule has 1 rings (SSSR count). The van der Waals surface area contributed by atoms with Crippen LogP contribution in [0.4, 0.5) is 23.4 Å². The molecule has 0 bridgehead atoms. The maximum atomic E-state index is 13.1. The van der Waals surface area contributed by atoms with Gasteiger partial charge in [-0.3, -0.25) is 0 Å². The first-order chi connectivity index (χ1) is 10.2. The topological polar surface area (TPSA) is 77.6 Å². The molecule has 2 N–H and O–H groups in total. The van der Waals surface area contributed by atoms with Gasteiger partial charge in [0.05, 0.1) is 12.8 Å². The number of alkyl halides is 3. The number of halogens is 4. The Morgan fingerprint density at radius 3 is 2.59 bits per heavy atom. The summed E-state index contributed by atoms with van der Waals surface area (Å²) in [6, 6.07) is 0.968. The van der Waals surface area contributed by atoms with E-state index in [1.807, 2.05) is 0 Å². The smallest absolute Gasteiger partial charge is 0.434 e. The fourth-order valence-corrected chi connectivity index (χ4v) is 1.49. The molecule has 0 fully saturated rings. The first kappa shape index (κ1) is 17.6. The molecule has 5 nitrogen and oxygen atoms in total. The highest BCUT2D eigenvalue weighted by Crippen LogP contribution is 2.27. The van der Waals surface area contributed by atoms with Crippen molar-refractivity contribution in [3.63, 3.8) is 0 Å². The first-order valence-electron chi connectivity index (χ1n) is 6.08. The molecule has 0 unspecified atom stereocenters. The van der Waals surface area contributed by atoms with Crippen molar-refractivity contribution in [3.8, 4) is 0 Å². The Labute approximate surface area is 123 Å². The molecule has 0 aromatic carbocycles. The van der Waals surface area contributed by atoms with Crippen molar-refractivity contribution in [1.29, 1.82) is 0 Å². The summed E-state index contributed by atoms with van der Waals surface area (Å²) in [6.45, 7) is 2.64. The highest BCUT2D eigenvalue weighted by Gasteiger charge is 2.41. The van der Waals surface area contributed by atoms with Crippen molar-refractivity contribution in [2.45, 2.75) is 20.0 Å². The average Bonchev–Trinajstić information content (AvgIpc) is 2.40. The van der Waals surface area contributed by atoms with Gasteiger partial charge in [-0.15, -0.1) is 0 Å². The zero-order valence-electron chi connectivity index (χ0n) is 11.7. The van der Waals surface area contributed by atoms with Gasteiger partial charge < -0.3 is 10.5 Å². The zero-order chi connectivity index (χ0) is 16.9. The van der Waals surface area contributed by atoms with Gasteiger partial charge in [0.1, 0.15) is 11.4 Å². The first-order valence-corrected chi connectivity index (χ1v) is 6.08. The van der Waals surface area contributed by atoms with Crippen LogP contribution in [0.15, 0.2) is 29.0 Å². The number of nitrogens with zero attached hydrogens (tertiary/aromatic N) is 2. The van der Waals surface area contributed by atoms with Crippen LogP contribution in [0, 0.1) is 12.7 Å². The van der Waals surface area contributed by atoms with Crippen molar-refractivity contribution in [1.82, 2.24) is 4.98 Å². The van der Waals surface area contributed by atoms with Crippen LogP contribution in [0.2, 0.25) is 0 Å². The zero-order valence-corrected chi connectivity index (χ0v) is 11.7. The van der Waals surface area contributed by atoms with Crippen LogP contribution in [-0.4, -0.2) is 29.4 Å². The molecule has 1 aromatic heterocycles. The van der Waals surface area contributed by atoms with Gasteiger partial charge in [-0.25, -0.2) is 19.2 Å². The van der Waals surface area contributed by atoms with Crippen molar-refractivity contribution >= 4 is 17.5 Å². The third-order valence-electron chi connectivity index (χ3n) is 2.42. The summed E-state index contributed by atoms with van der Waals surface area (Å²) in [4.78, 5) is 18.3. The minimum atomic E-state index is -4.97. The lowest BCUT2D eigenvalue weighted by Gasteiger charge is -2.13. The predicted octanol–water partition coefficient (Wildman–Crippen LogP) is 2.57. The Balaban J connectivity index is 3.41. The van der Waals surface area contributed by atoms with Gasteiger partial charge in [0, 0.05) is 6.20 Å². The van der Waals surface area contributed by atoms with Crippen LogP contribution in [0.1, 0.15) is 12.5 Å². The molecule has 1 heterocycles. The monoisotopic (exact) mass is 319 g/mol. The van der Waals surface area contributed by atoms with E-state index >= 15 is 0 Å². The number of nitrogens with two attached hydrogens (primary N) is 1. The van der Waals surface area contributed by atoms with Crippen molar-refractivity contribution in [2.75, 3.05) is 6.61 Å². The fraction of sp³-hybridized carbons (Fsp3) is 0.308. The second-order valence-electron chi connectivity index (χ2n) is 4.05. The van der Waals surface area contributed by atoms with E-state index in [1.165, 1.54) is 13.8 Å². The fourth-order valence-electron chi connectivity index (χ4n) is 1.49. The van der Waals surface area contributed by atoms with E-state index in [1.54, 1.807) is 0 Å². The molecule has 9 heteroatoms. The molecule has 1 aromatic rings. The summed E-state index contributed by atoms with van der Waals surface area (Å²) in [5.41, 5.74) is 2.66. The standard InChI is InChI=1S/C13H13F4N3O2/c1-3-22-12(21)9(5-18)10(13(15,16)17)20-11-7(2)4-8(14)6-19-11/h4-6H,3,18H2,1-2H3/b9-5+,20-10?. The van der Waals surface area contributed by atoms with E-state index in [9.17, 15) is 22.4 Å². The Morgan fingerprint density at radius 2 is 2.14 bits per heavy atom. The van der Waals surface area contributed by atoms with Crippen LogP contribution >= 0.6 is 0 Å². The lowest BCUT2D eigenvalue weighted by Crippen LogP contribution is -2.30. The summed E-state index contributed by atoms with van der Waals surface area (Å²) in [5.74, 6) is -2.36. The summed E-state index contributed by atoms with van der Waals surface area (Å²) in [6.07, 6.45) is -3.79. The van der Waals surface area contributed by atoms with Crippen molar-refractivity contribution in [3.05, 3.63) is 35.4 Å². The number of aryl methyl sites for hydroxylation is 1. The highest BCUT2D eigenvalue weighted by atomic mass is 19.4. The Hall–Kier alpha value is -2.45. The van der Waals surface area contributed by atoms with E-state index < -0.39 is 29.2 Å². The van der Waals surface area contributed by atoms with Crippen LogP contribution in [0.5, 0.6) is 0 Å². The summed E-state index contributed by atoms with van der Waals surface area (Å²) < 4.78 is 56.8. The van der Waals surface area contributed by atoms with Gasteiger partial charge in [0.25, 0.3) is 0 Å². The van der Waals surface area contributed by atoms with Gasteiger partial charge in [-0.05, 0) is 25.5 Å². The van der Waals surface area contributed by atoms with Gasteiger partial charge in [-0.1, -0.05) is 0 Å². The van der Waals surface area contributed by atoms with Gasteiger partial charge >= 0.3 is 12.1 Å². The number of rotatable bonds is 4. The van der Waals surface area contributed by atoms with Gasteiger partial charge in [-0.2, -0.15) is 13.2 Å². The third-order valence-corrected chi connectivity index (χ3v) is 2.42. The number of ether oxygens (including phenoxy) is 1. The number of aliphatic imine (C=N–C) groups is 1. The number of aromatic nitrogens is 1. The number of pyridine rings is 1. The number of carbonyl (C=O) groups is 1. The molecular weight excluding hydrogens is 306 g/mol. The highest BCUT2D eigenvalue weighted by molar-refractivity contribution is 6.22. The number of esters is 1. The van der Waals surface area contributed by atoms with E-state index in [0.717, 1.165) is 12.3 Å². The molecule has 0 saturated heterocycles. The van der Waals surface area contributed by atoms with E-state index in [0.29, 0.717) is 6.20 Å². The van der Waals surface area contributed by atoms with Gasteiger partial charge in [0.15, 0.2) is 11.5 Å². The lowest BCUT2D eigenvalue weighted by atomic mass is 10.1. The van der Waals surface area contributed by atoms with Crippen LogP contribution in [0.3, 0.4) is 0 Å². The Morgan fingerprint density at radius 1 is 1.50 bits per heavy atom. The predicted molar refractivity (Wildman–Crippen MR) is 71.0 cm³/mol. The third kappa shape index (κ3) is 4.27. The van der Waals surface area contributed by atoms with Crippen molar-refractivity contribution in [2.24, 2.45) is 10.7 Å². The van der Waals surface area contributed by atoms with Crippen LogP contribution < -0.4 is 5.73 Å². The summed E-state index contributed by atoms with van der Waals surface area (Å²) >= 11 is 0. The maximum Gasteiger partial charge on any atom is 0.434 e. The van der Waals surface area contributed by atoms with E-state index in [-0.39, 0.29) is 18.0 Å². The van der Waals surface area contributed by atoms with Crippen LogP contribution in [-0.2, 0) is 9.53 Å². The molecule has 120 valence electrons. The second-order valence-corrected chi connectivity index (χ2v) is 4.05. The molecule has 0 aliphatic rings. The normalized spacial score (nSPS) is 13.2.